The number of benzene rings is 1. The van der Waals surface area contributed by atoms with E-state index in [1.165, 1.54) is 0 Å². The van der Waals surface area contributed by atoms with E-state index >= 15 is 0 Å². The van der Waals surface area contributed by atoms with E-state index in [0.29, 0.717) is 5.02 Å². The fourth-order valence-corrected chi connectivity index (χ4v) is 2.15. The molecule has 2 rings (SSSR count). The minimum Gasteiger partial charge on any atom is -0.508 e. The molecular weight excluding hydrogens is 224 g/mol. The molecule has 3 nitrogen and oxygen atoms in total. The lowest BCUT2D eigenvalue weighted by molar-refractivity contribution is 0.148. The first-order chi connectivity index (χ1) is 7.65. The normalized spacial score (nSPS) is 18.9. The van der Waals surface area contributed by atoms with Gasteiger partial charge >= 0.3 is 0 Å². The predicted molar refractivity (Wildman–Crippen MR) is 65.9 cm³/mol. The number of likely N-dealkylation sites (N-methyl/N-ethyl adjacent to an activating group) is 1. The van der Waals surface area contributed by atoms with E-state index in [-0.39, 0.29) is 5.75 Å². The number of nitrogens with zero attached hydrogens (tertiary/aromatic N) is 2. The number of hydrogen-bond donors (Lipinski definition) is 1. The summed E-state index contributed by atoms with van der Waals surface area (Å²) in [6, 6.07) is 5.19. The molecule has 0 atom stereocenters. The van der Waals surface area contributed by atoms with E-state index in [2.05, 4.69) is 16.8 Å². The molecule has 88 valence electrons. The Labute approximate surface area is 101 Å². The maximum Gasteiger partial charge on any atom is 0.117 e. The van der Waals surface area contributed by atoms with Crippen LogP contribution in [-0.4, -0.2) is 48.1 Å². The number of halogens is 1. The standard InChI is InChI=1S/C12H17ClN2O/c1-14-4-6-15(7-5-14)9-10-2-3-11(16)8-12(10)13/h2-3,8,16H,4-7,9H2,1H3. The zero-order valence-corrected chi connectivity index (χ0v) is 10.2. The molecule has 0 aliphatic carbocycles. The lowest BCUT2D eigenvalue weighted by atomic mass is 10.2. The average Bonchev–Trinajstić information content (AvgIpc) is 2.25. The number of hydrogen-bond acceptors (Lipinski definition) is 3. The van der Waals surface area contributed by atoms with Gasteiger partial charge in [0.2, 0.25) is 0 Å². The largest absolute Gasteiger partial charge is 0.508 e. The summed E-state index contributed by atoms with van der Waals surface area (Å²) in [7, 11) is 2.14. The zero-order chi connectivity index (χ0) is 11.5. The fraction of sp³-hybridized carbons (Fsp3) is 0.500. The Morgan fingerprint density at radius 1 is 1.25 bits per heavy atom. The van der Waals surface area contributed by atoms with Crippen molar-refractivity contribution in [1.29, 1.82) is 0 Å². The lowest BCUT2D eigenvalue weighted by Gasteiger charge is -2.32. The fourth-order valence-electron chi connectivity index (χ4n) is 1.91. The van der Waals surface area contributed by atoms with Crippen molar-refractivity contribution in [3.8, 4) is 5.75 Å². The predicted octanol–water partition coefficient (Wildman–Crippen LogP) is 1.79. The van der Waals surface area contributed by atoms with Crippen LogP contribution < -0.4 is 0 Å². The van der Waals surface area contributed by atoms with Gasteiger partial charge in [0, 0.05) is 37.7 Å². The second-order valence-corrected chi connectivity index (χ2v) is 4.76. The molecule has 1 aromatic carbocycles. The topological polar surface area (TPSA) is 26.7 Å². The van der Waals surface area contributed by atoms with Crippen molar-refractivity contribution in [2.24, 2.45) is 0 Å². The van der Waals surface area contributed by atoms with Gasteiger partial charge in [-0.2, -0.15) is 0 Å². The summed E-state index contributed by atoms with van der Waals surface area (Å²) in [6.07, 6.45) is 0. The Bertz CT molecular complexity index is 362. The minimum atomic E-state index is 0.229. The molecule has 0 aromatic heterocycles. The van der Waals surface area contributed by atoms with Crippen LogP contribution in [0.3, 0.4) is 0 Å². The van der Waals surface area contributed by atoms with Crippen molar-refractivity contribution >= 4 is 11.6 Å². The van der Waals surface area contributed by atoms with E-state index < -0.39 is 0 Å². The molecule has 0 radical (unpaired) electrons. The highest BCUT2D eigenvalue weighted by Gasteiger charge is 2.14. The van der Waals surface area contributed by atoms with Crippen molar-refractivity contribution < 1.29 is 5.11 Å². The van der Waals surface area contributed by atoms with Crippen molar-refractivity contribution in [3.05, 3.63) is 28.8 Å². The SMILES string of the molecule is CN1CCN(Cc2ccc(O)cc2Cl)CC1. The molecule has 0 bridgehead atoms. The van der Waals surface area contributed by atoms with E-state index in [0.717, 1.165) is 38.3 Å². The van der Waals surface area contributed by atoms with Crippen LogP contribution in [0.2, 0.25) is 5.02 Å². The Kier molecular flexibility index (Phi) is 3.69. The van der Waals surface area contributed by atoms with Crippen LogP contribution in [0.4, 0.5) is 0 Å². The number of piperazine rings is 1. The Balaban J connectivity index is 1.98. The van der Waals surface area contributed by atoms with Gasteiger partial charge in [-0.3, -0.25) is 4.90 Å². The van der Waals surface area contributed by atoms with Gasteiger partial charge in [0.1, 0.15) is 5.75 Å². The molecule has 16 heavy (non-hydrogen) atoms. The summed E-state index contributed by atoms with van der Waals surface area (Å²) in [5, 5.41) is 9.93. The highest BCUT2D eigenvalue weighted by atomic mass is 35.5. The van der Waals surface area contributed by atoms with Gasteiger partial charge in [-0.15, -0.1) is 0 Å². The van der Waals surface area contributed by atoms with Gasteiger partial charge in [-0.25, -0.2) is 0 Å². The van der Waals surface area contributed by atoms with Crippen LogP contribution in [0.15, 0.2) is 18.2 Å². The maximum absolute atomic E-state index is 9.27. The van der Waals surface area contributed by atoms with Crippen LogP contribution in [0.5, 0.6) is 5.75 Å². The number of phenolic OH excluding ortho intramolecular Hbond substituents is 1. The van der Waals surface area contributed by atoms with Gasteiger partial charge in [0.05, 0.1) is 0 Å². The van der Waals surface area contributed by atoms with Crippen molar-refractivity contribution in [1.82, 2.24) is 9.80 Å². The van der Waals surface area contributed by atoms with E-state index in [9.17, 15) is 5.11 Å². The van der Waals surface area contributed by atoms with Gasteiger partial charge in [-0.05, 0) is 24.7 Å². The van der Waals surface area contributed by atoms with Crippen LogP contribution >= 0.6 is 11.6 Å². The molecule has 1 heterocycles. The van der Waals surface area contributed by atoms with Crippen LogP contribution in [0.1, 0.15) is 5.56 Å². The molecule has 1 N–H and O–H groups in total. The molecule has 1 fully saturated rings. The van der Waals surface area contributed by atoms with Gasteiger partial charge < -0.3 is 10.0 Å². The maximum atomic E-state index is 9.27. The molecular formula is C12H17ClN2O. The van der Waals surface area contributed by atoms with E-state index in [1.54, 1.807) is 12.1 Å². The molecule has 0 amide bonds. The first-order valence-corrected chi connectivity index (χ1v) is 5.91. The Morgan fingerprint density at radius 2 is 1.94 bits per heavy atom. The molecule has 1 aliphatic rings. The molecule has 1 aliphatic heterocycles. The second kappa shape index (κ2) is 5.04. The lowest BCUT2D eigenvalue weighted by Crippen LogP contribution is -2.43. The van der Waals surface area contributed by atoms with Crippen molar-refractivity contribution in [2.45, 2.75) is 6.54 Å². The van der Waals surface area contributed by atoms with Crippen LogP contribution in [-0.2, 0) is 6.54 Å². The highest BCUT2D eigenvalue weighted by molar-refractivity contribution is 6.31. The van der Waals surface area contributed by atoms with Crippen molar-refractivity contribution in [3.63, 3.8) is 0 Å². The second-order valence-electron chi connectivity index (χ2n) is 4.36. The average molecular weight is 241 g/mol. The molecule has 0 unspecified atom stereocenters. The van der Waals surface area contributed by atoms with Gasteiger partial charge in [0.15, 0.2) is 0 Å². The summed E-state index contributed by atoms with van der Waals surface area (Å²) in [6.45, 7) is 5.24. The summed E-state index contributed by atoms with van der Waals surface area (Å²) < 4.78 is 0. The third-order valence-electron chi connectivity index (χ3n) is 3.03. The molecule has 1 aromatic rings. The number of aromatic hydroxyl groups is 1. The van der Waals surface area contributed by atoms with Gasteiger partial charge in [-0.1, -0.05) is 17.7 Å². The first-order valence-electron chi connectivity index (χ1n) is 5.53. The number of phenols is 1. The summed E-state index contributed by atoms with van der Waals surface area (Å²) in [5.41, 5.74) is 1.09. The minimum absolute atomic E-state index is 0.229. The molecule has 1 saturated heterocycles. The smallest absolute Gasteiger partial charge is 0.117 e. The summed E-state index contributed by atoms with van der Waals surface area (Å²) in [5.74, 6) is 0.229. The molecule has 0 spiro atoms. The third kappa shape index (κ3) is 2.88. The molecule has 4 heteroatoms. The van der Waals surface area contributed by atoms with E-state index in [1.807, 2.05) is 6.07 Å². The Hall–Kier alpha value is -0.770. The quantitative estimate of drug-likeness (QED) is 0.854. The van der Waals surface area contributed by atoms with Crippen molar-refractivity contribution in [2.75, 3.05) is 33.2 Å². The number of rotatable bonds is 2. The zero-order valence-electron chi connectivity index (χ0n) is 9.49. The summed E-state index contributed by atoms with van der Waals surface area (Å²) in [4.78, 5) is 4.72. The third-order valence-corrected chi connectivity index (χ3v) is 3.38. The molecule has 0 saturated carbocycles. The van der Waals surface area contributed by atoms with Crippen LogP contribution in [0.25, 0.3) is 0 Å². The van der Waals surface area contributed by atoms with Gasteiger partial charge in [0.25, 0.3) is 0 Å². The Morgan fingerprint density at radius 3 is 2.56 bits per heavy atom. The highest BCUT2D eigenvalue weighted by Crippen LogP contribution is 2.23. The van der Waals surface area contributed by atoms with Crippen LogP contribution in [0, 0.1) is 0 Å². The summed E-state index contributed by atoms with van der Waals surface area (Å²) >= 11 is 6.08. The van der Waals surface area contributed by atoms with E-state index in [4.69, 9.17) is 11.6 Å². The first kappa shape index (κ1) is 11.7. The monoisotopic (exact) mass is 240 g/mol.